The Kier molecular flexibility index (Phi) is 1.75. The molecule has 1 aliphatic heterocycles. The van der Waals surface area contributed by atoms with Crippen LogP contribution >= 0.6 is 0 Å². The highest BCUT2D eigenvalue weighted by molar-refractivity contribution is 5.47. The van der Waals surface area contributed by atoms with E-state index in [1.54, 1.807) is 0 Å². The molecule has 12 heavy (non-hydrogen) atoms. The molecule has 2 rings (SSSR count). The molecule has 1 aliphatic rings. The van der Waals surface area contributed by atoms with Crippen molar-refractivity contribution < 1.29 is 0 Å². The first-order chi connectivity index (χ1) is 5.75. The number of anilines is 1. The summed E-state index contributed by atoms with van der Waals surface area (Å²) in [5, 5.41) is 3.39. The number of nitrogens with zero attached hydrogens (tertiary/aromatic N) is 1. The van der Waals surface area contributed by atoms with Gasteiger partial charge in [-0.1, -0.05) is 6.07 Å². The van der Waals surface area contributed by atoms with Gasteiger partial charge < -0.3 is 5.32 Å². The van der Waals surface area contributed by atoms with Gasteiger partial charge in [0.1, 0.15) is 5.82 Å². The molecule has 0 saturated carbocycles. The number of fused-ring (bicyclic) bond motifs is 1. The molecule has 0 fully saturated rings. The molecule has 1 aromatic heterocycles. The maximum absolute atomic E-state index is 4.45. The SMILES string of the molecule is Cc1ccc2c(n1)NC(C)CC2. The molecule has 1 aromatic rings. The number of hydrogen-bond donors (Lipinski definition) is 1. The topological polar surface area (TPSA) is 24.9 Å². The Morgan fingerprint density at radius 2 is 2.33 bits per heavy atom. The summed E-state index contributed by atoms with van der Waals surface area (Å²) >= 11 is 0. The first-order valence-corrected chi connectivity index (χ1v) is 4.49. The van der Waals surface area contributed by atoms with Crippen LogP contribution < -0.4 is 5.32 Å². The molecular formula is C10H14N2. The van der Waals surface area contributed by atoms with Crippen LogP contribution in [-0.4, -0.2) is 11.0 Å². The quantitative estimate of drug-likeness (QED) is 0.632. The summed E-state index contributed by atoms with van der Waals surface area (Å²) in [4.78, 5) is 4.45. The van der Waals surface area contributed by atoms with E-state index in [4.69, 9.17) is 0 Å². The highest BCUT2D eigenvalue weighted by atomic mass is 15.0. The molecule has 1 N–H and O–H groups in total. The third-order valence-electron chi connectivity index (χ3n) is 2.35. The predicted octanol–water partition coefficient (Wildman–Crippen LogP) is 2.14. The Balaban J connectivity index is 2.37. The van der Waals surface area contributed by atoms with Gasteiger partial charge in [-0.3, -0.25) is 0 Å². The van der Waals surface area contributed by atoms with Gasteiger partial charge in [-0.2, -0.15) is 0 Å². The Morgan fingerprint density at radius 1 is 1.50 bits per heavy atom. The lowest BCUT2D eigenvalue weighted by atomic mass is 10.0. The molecule has 2 nitrogen and oxygen atoms in total. The highest BCUT2D eigenvalue weighted by Gasteiger charge is 2.14. The van der Waals surface area contributed by atoms with Crippen molar-refractivity contribution in [3.63, 3.8) is 0 Å². The molecule has 1 unspecified atom stereocenters. The summed E-state index contributed by atoms with van der Waals surface area (Å²) in [5.74, 6) is 1.09. The van der Waals surface area contributed by atoms with E-state index in [2.05, 4.69) is 29.4 Å². The normalized spacial score (nSPS) is 21.3. The summed E-state index contributed by atoms with van der Waals surface area (Å²) in [6.45, 7) is 4.23. The van der Waals surface area contributed by atoms with Crippen LogP contribution in [-0.2, 0) is 6.42 Å². The van der Waals surface area contributed by atoms with Crippen LogP contribution in [0.3, 0.4) is 0 Å². The van der Waals surface area contributed by atoms with Crippen LogP contribution in [0.25, 0.3) is 0 Å². The molecular weight excluding hydrogens is 148 g/mol. The molecule has 0 amide bonds. The second kappa shape index (κ2) is 2.77. The lowest BCUT2D eigenvalue weighted by molar-refractivity contribution is 0.673. The van der Waals surface area contributed by atoms with E-state index >= 15 is 0 Å². The van der Waals surface area contributed by atoms with E-state index < -0.39 is 0 Å². The number of aromatic nitrogens is 1. The fourth-order valence-corrected chi connectivity index (χ4v) is 1.59. The smallest absolute Gasteiger partial charge is 0.129 e. The fraction of sp³-hybridized carbons (Fsp3) is 0.500. The Morgan fingerprint density at radius 3 is 3.17 bits per heavy atom. The van der Waals surface area contributed by atoms with Crippen molar-refractivity contribution in [2.24, 2.45) is 0 Å². The van der Waals surface area contributed by atoms with Gasteiger partial charge in [0.25, 0.3) is 0 Å². The first kappa shape index (κ1) is 7.59. The molecule has 64 valence electrons. The summed E-state index contributed by atoms with van der Waals surface area (Å²) in [6.07, 6.45) is 2.38. The Bertz CT molecular complexity index is 294. The zero-order chi connectivity index (χ0) is 8.55. The van der Waals surface area contributed by atoms with Gasteiger partial charge in [0, 0.05) is 11.7 Å². The third kappa shape index (κ3) is 1.29. The van der Waals surface area contributed by atoms with E-state index in [9.17, 15) is 0 Å². The molecule has 0 aromatic carbocycles. The molecule has 0 spiro atoms. The largest absolute Gasteiger partial charge is 0.367 e. The second-order valence-electron chi connectivity index (χ2n) is 3.54. The van der Waals surface area contributed by atoms with Crippen molar-refractivity contribution in [2.45, 2.75) is 32.7 Å². The van der Waals surface area contributed by atoms with Crippen LogP contribution in [0.1, 0.15) is 24.6 Å². The van der Waals surface area contributed by atoms with Crippen LogP contribution in [0.15, 0.2) is 12.1 Å². The zero-order valence-electron chi connectivity index (χ0n) is 7.59. The molecule has 2 heteroatoms. The third-order valence-corrected chi connectivity index (χ3v) is 2.35. The van der Waals surface area contributed by atoms with Gasteiger partial charge >= 0.3 is 0 Å². The average Bonchev–Trinajstić information content (AvgIpc) is 2.03. The predicted molar refractivity (Wildman–Crippen MR) is 50.4 cm³/mol. The van der Waals surface area contributed by atoms with Crippen LogP contribution in [0.4, 0.5) is 5.82 Å². The van der Waals surface area contributed by atoms with E-state index in [1.807, 2.05) is 6.92 Å². The van der Waals surface area contributed by atoms with Crippen LogP contribution in [0.2, 0.25) is 0 Å². The maximum atomic E-state index is 4.45. The minimum absolute atomic E-state index is 0.576. The van der Waals surface area contributed by atoms with Gasteiger partial charge in [-0.25, -0.2) is 4.98 Å². The van der Waals surface area contributed by atoms with Crippen molar-refractivity contribution in [2.75, 3.05) is 5.32 Å². The Hall–Kier alpha value is -1.05. The summed E-state index contributed by atoms with van der Waals surface area (Å²) in [6, 6.07) is 4.83. The van der Waals surface area contributed by atoms with Crippen molar-refractivity contribution in [1.82, 2.24) is 4.98 Å². The minimum atomic E-state index is 0.576. The standard InChI is InChI=1S/C10H14N2/c1-7-3-5-9-6-4-8(2)12-10(9)11-7/h3,5,8H,4,6H2,1-2H3,(H,11,12). The molecule has 2 heterocycles. The molecule has 0 bridgehead atoms. The second-order valence-corrected chi connectivity index (χ2v) is 3.54. The average molecular weight is 162 g/mol. The van der Waals surface area contributed by atoms with Gasteiger partial charge in [-0.05, 0) is 38.3 Å². The monoisotopic (exact) mass is 162 g/mol. The van der Waals surface area contributed by atoms with Gasteiger partial charge in [0.2, 0.25) is 0 Å². The van der Waals surface area contributed by atoms with E-state index in [1.165, 1.54) is 12.0 Å². The summed E-state index contributed by atoms with van der Waals surface area (Å²) < 4.78 is 0. The summed E-state index contributed by atoms with van der Waals surface area (Å²) in [5.41, 5.74) is 2.45. The molecule has 0 radical (unpaired) electrons. The van der Waals surface area contributed by atoms with Crippen molar-refractivity contribution >= 4 is 5.82 Å². The van der Waals surface area contributed by atoms with Crippen molar-refractivity contribution in [3.8, 4) is 0 Å². The van der Waals surface area contributed by atoms with Crippen molar-refractivity contribution in [1.29, 1.82) is 0 Å². The number of rotatable bonds is 0. The summed E-state index contributed by atoms with van der Waals surface area (Å²) in [7, 11) is 0. The number of hydrogen-bond acceptors (Lipinski definition) is 2. The first-order valence-electron chi connectivity index (χ1n) is 4.49. The number of pyridine rings is 1. The lowest BCUT2D eigenvalue weighted by Gasteiger charge is -2.22. The van der Waals surface area contributed by atoms with E-state index in [0.29, 0.717) is 6.04 Å². The number of aryl methyl sites for hydroxylation is 2. The van der Waals surface area contributed by atoms with Gasteiger partial charge in [0.15, 0.2) is 0 Å². The highest BCUT2D eigenvalue weighted by Crippen LogP contribution is 2.22. The Labute approximate surface area is 73.0 Å². The lowest BCUT2D eigenvalue weighted by Crippen LogP contribution is -2.22. The van der Waals surface area contributed by atoms with Gasteiger partial charge in [0.05, 0.1) is 0 Å². The van der Waals surface area contributed by atoms with Crippen molar-refractivity contribution in [3.05, 3.63) is 23.4 Å². The molecule has 1 atom stereocenters. The van der Waals surface area contributed by atoms with Crippen LogP contribution in [0, 0.1) is 6.92 Å². The van der Waals surface area contributed by atoms with E-state index in [-0.39, 0.29) is 0 Å². The zero-order valence-corrected chi connectivity index (χ0v) is 7.59. The minimum Gasteiger partial charge on any atom is -0.367 e. The van der Waals surface area contributed by atoms with Crippen LogP contribution in [0.5, 0.6) is 0 Å². The fourth-order valence-electron chi connectivity index (χ4n) is 1.59. The molecule has 0 aliphatic carbocycles. The van der Waals surface area contributed by atoms with Gasteiger partial charge in [-0.15, -0.1) is 0 Å². The number of nitrogens with one attached hydrogen (secondary N) is 1. The maximum Gasteiger partial charge on any atom is 0.129 e. The van der Waals surface area contributed by atoms with E-state index in [0.717, 1.165) is 17.9 Å². The molecule has 0 saturated heterocycles.